The minimum Gasteiger partial charge on any atom is -0.492 e. The number of hydrogen-bond donors (Lipinski definition) is 3. The third kappa shape index (κ3) is 7.15. The maximum absolute atomic E-state index is 12.7. The Bertz CT molecular complexity index is 1140. The summed E-state index contributed by atoms with van der Waals surface area (Å²) >= 11 is 5.29. The number of anilines is 2. The van der Waals surface area contributed by atoms with Gasteiger partial charge in [0.1, 0.15) is 5.75 Å². The van der Waals surface area contributed by atoms with Gasteiger partial charge in [-0.25, -0.2) is 0 Å². The number of aryl methyl sites for hydroxylation is 1. The molecule has 3 aromatic rings. The van der Waals surface area contributed by atoms with Gasteiger partial charge >= 0.3 is 0 Å². The van der Waals surface area contributed by atoms with Crippen molar-refractivity contribution in [2.24, 2.45) is 5.92 Å². The van der Waals surface area contributed by atoms with Crippen molar-refractivity contribution < 1.29 is 14.3 Å². The zero-order valence-corrected chi connectivity index (χ0v) is 19.7. The summed E-state index contributed by atoms with van der Waals surface area (Å²) in [5, 5.41) is 8.68. The van der Waals surface area contributed by atoms with Gasteiger partial charge in [-0.05, 0) is 73.6 Å². The predicted molar refractivity (Wildman–Crippen MR) is 136 cm³/mol. The first-order valence-corrected chi connectivity index (χ1v) is 11.0. The van der Waals surface area contributed by atoms with Crippen LogP contribution >= 0.6 is 12.2 Å². The molecule has 0 aromatic heterocycles. The monoisotopic (exact) mass is 461 g/mol. The van der Waals surface area contributed by atoms with Crippen molar-refractivity contribution in [2.75, 3.05) is 17.2 Å². The maximum Gasteiger partial charge on any atom is 0.261 e. The van der Waals surface area contributed by atoms with Gasteiger partial charge in [-0.1, -0.05) is 43.7 Å². The van der Waals surface area contributed by atoms with Crippen LogP contribution in [0.1, 0.15) is 40.1 Å². The van der Waals surface area contributed by atoms with E-state index in [-0.39, 0.29) is 16.9 Å². The Hall–Kier alpha value is -3.71. The second-order valence-electron chi connectivity index (χ2n) is 8.01. The molecule has 170 valence electrons. The molecular weight excluding hydrogens is 434 g/mol. The van der Waals surface area contributed by atoms with Crippen molar-refractivity contribution in [3.05, 3.63) is 89.5 Å². The van der Waals surface area contributed by atoms with Crippen LogP contribution in [0.15, 0.2) is 72.8 Å². The first-order chi connectivity index (χ1) is 15.8. The molecule has 0 aliphatic carbocycles. The number of carbonyl (C=O) groups excluding carboxylic acids is 2. The third-order valence-corrected chi connectivity index (χ3v) is 4.82. The van der Waals surface area contributed by atoms with E-state index >= 15 is 0 Å². The summed E-state index contributed by atoms with van der Waals surface area (Å²) in [6, 6.07) is 21.5. The predicted octanol–water partition coefficient (Wildman–Crippen LogP) is 5.41. The molecule has 0 radical (unpaired) electrons. The summed E-state index contributed by atoms with van der Waals surface area (Å²) < 4.78 is 5.74. The molecule has 0 aliphatic rings. The Morgan fingerprint density at radius 1 is 0.879 bits per heavy atom. The van der Waals surface area contributed by atoms with Crippen LogP contribution in [-0.4, -0.2) is 23.5 Å². The second kappa shape index (κ2) is 11.2. The SMILES string of the molecule is Cc1cccc(C(=O)Nc2ccc(NC(=S)NC(=O)c3ccccc3OCC(C)C)cc2)c1. The number of benzene rings is 3. The standard InChI is InChI=1S/C26H27N3O3S/c1-17(2)16-32-23-10-5-4-9-22(23)25(31)29-26(33)28-21-13-11-20(12-14-21)27-24(30)19-8-6-7-18(3)15-19/h4-15,17H,16H2,1-3H3,(H,27,30)(H2,28,29,31,33). The van der Waals surface area contributed by atoms with Gasteiger partial charge in [-0.2, -0.15) is 0 Å². The number of rotatable bonds is 7. The van der Waals surface area contributed by atoms with Gasteiger partial charge in [0.2, 0.25) is 0 Å². The van der Waals surface area contributed by atoms with E-state index in [0.717, 1.165) is 5.56 Å². The number of nitrogens with one attached hydrogen (secondary N) is 3. The Morgan fingerprint density at radius 3 is 2.21 bits per heavy atom. The van der Waals surface area contributed by atoms with Crippen molar-refractivity contribution in [2.45, 2.75) is 20.8 Å². The number of thiocarbonyl (C=S) groups is 1. The third-order valence-electron chi connectivity index (χ3n) is 4.61. The van der Waals surface area contributed by atoms with Crippen molar-refractivity contribution in [3.8, 4) is 5.75 Å². The molecule has 0 unspecified atom stereocenters. The molecule has 33 heavy (non-hydrogen) atoms. The van der Waals surface area contributed by atoms with Crippen LogP contribution in [0.3, 0.4) is 0 Å². The minimum absolute atomic E-state index is 0.162. The number of ether oxygens (including phenoxy) is 1. The number of carbonyl (C=O) groups is 2. The summed E-state index contributed by atoms with van der Waals surface area (Å²) in [7, 11) is 0. The largest absolute Gasteiger partial charge is 0.492 e. The smallest absolute Gasteiger partial charge is 0.261 e. The highest BCUT2D eigenvalue weighted by molar-refractivity contribution is 7.80. The van der Waals surface area contributed by atoms with E-state index in [1.165, 1.54) is 0 Å². The molecule has 6 nitrogen and oxygen atoms in total. The average Bonchev–Trinajstić information content (AvgIpc) is 2.79. The topological polar surface area (TPSA) is 79.5 Å². The fraction of sp³-hybridized carbons (Fsp3) is 0.192. The molecule has 0 saturated heterocycles. The zero-order valence-electron chi connectivity index (χ0n) is 18.8. The van der Waals surface area contributed by atoms with Crippen LogP contribution < -0.4 is 20.7 Å². The Balaban J connectivity index is 1.57. The number of para-hydroxylation sites is 1. The lowest BCUT2D eigenvalue weighted by molar-refractivity contribution is 0.0971. The lowest BCUT2D eigenvalue weighted by Gasteiger charge is -2.14. The molecule has 0 aliphatic heterocycles. The van der Waals surface area contributed by atoms with Crippen LogP contribution in [0.2, 0.25) is 0 Å². The molecular formula is C26H27N3O3S. The van der Waals surface area contributed by atoms with Crippen molar-refractivity contribution >= 4 is 40.5 Å². The molecule has 0 saturated carbocycles. The molecule has 0 bridgehead atoms. The van der Waals surface area contributed by atoms with E-state index in [1.807, 2.05) is 45.0 Å². The highest BCUT2D eigenvalue weighted by Crippen LogP contribution is 2.19. The summed E-state index contributed by atoms with van der Waals surface area (Å²) in [4.78, 5) is 25.1. The zero-order chi connectivity index (χ0) is 23.8. The van der Waals surface area contributed by atoms with Gasteiger partial charge in [0.15, 0.2) is 5.11 Å². The Morgan fingerprint density at radius 2 is 1.55 bits per heavy atom. The van der Waals surface area contributed by atoms with Gasteiger partial charge < -0.3 is 15.4 Å². The highest BCUT2D eigenvalue weighted by atomic mass is 32.1. The van der Waals surface area contributed by atoms with Gasteiger partial charge in [0, 0.05) is 16.9 Å². The Labute approximate surface area is 199 Å². The van der Waals surface area contributed by atoms with Gasteiger partial charge in [0.05, 0.1) is 12.2 Å². The molecule has 3 N–H and O–H groups in total. The summed E-state index contributed by atoms with van der Waals surface area (Å²) in [5.41, 5.74) is 3.36. The second-order valence-corrected chi connectivity index (χ2v) is 8.42. The van der Waals surface area contributed by atoms with Gasteiger partial charge in [-0.15, -0.1) is 0 Å². The van der Waals surface area contributed by atoms with Crippen molar-refractivity contribution in [1.82, 2.24) is 5.32 Å². The minimum atomic E-state index is -0.353. The van der Waals surface area contributed by atoms with Crippen molar-refractivity contribution in [1.29, 1.82) is 0 Å². The van der Waals surface area contributed by atoms with E-state index < -0.39 is 0 Å². The van der Waals surface area contributed by atoms with Crippen LogP contribution in [0.5, 0.6) is 5.75 Å². The maximum atomic E-state index is 12.7. The highest BCUT2D eigenvalue weighted by Gasteiger charge is 2.14. The summed E-state index contributed by atoms with van der Waals surface area (Å²) in [6.45, 7) is 6.54. The van der Waals surface area contributed by atoms with E-state index in [0.29, 0.717) is 40.8 Å². The van der Waals surface area contributed by atoms with Crippen LogP contribution in [0, 0.1) is 12.8 Å². The van der Waals surface area contributed by atoms with E-state index in [1.54, 1.807) is 48.5 Å². The molecule has 0 spiro atoms. The molecule has 3 rings (SSSR count). The van der Waals surface area contributed by atoms with E-state index in [9.17, 15) is 9.59 Å². The first kappa shape index (κ1) is 23.9. The number of amides is 2. The molecule has 3 aromatic carbocycles. The lowest BCUT2D eigenvalue weighted by atomic mass is 10.1. The molecule has 0 fully saturated rings. The molecule has 0 atom stereocenters. The van der Waals surface area contributed by atoms with E-state index in [2.05, 4.69) is 16.0 Å². The molecule has 2 amide bonds. The normalized spacial score (nSPS) is 10.4. The quantitative estimate of drug-likeness (QED) is 0.410. The molecule has 7 heteroatoms. The van der Waals surface area contributed by atoms with Crippen LogP contribution in [-0.2, 0) is 0 Å². The fourth-order valence-electron chi connectivity index (χ4n) is 3.00. The van der Waals surface area contributed by atoms with Gasteiger partial charge in [0.25, 0.3) is 11.8 Å². The van der Waals surface area contributed by atoms with E-state index in [4.69, 9.17) is 17.0 Å². The van der Waals surface area contributed by atoms with Gasteiger partial charge in [-0.3, -0.25) is 14.9 Å². The fourth-order valence-corrected chi connectivity index (χ4v) is 3.21. The van der Waals surface area contributed by atoms with Crippen molar-refractivity contribution in [3.63, 3.8) is 0 Å². The number of hydrogen-bond acceptors (Lipinski definition) is 4. The van der Waals surface area contributed by atoms with Crippen LogP contribution in [0.25, 0.3) is 0 Å². The summed E-state index contributed by atoms with van der Waals surface area (Å²) in [5.74, 6) is 0.322. The van der Waals surface area contributed by atoms with Crippen LogP contribution in [0.4, 0.5) is 11.4 Å². The Kier molecular flexibility index (Phi) is 8.16. The average molecular weight is 462 g/mol. The molecule has 0 heterocycles. The first-order valence-electron chi connectivity index (χ1n) is 10.6. The lowest BCUT2D eigenvalue weighted by Crippen LogP contribution is -2.34. The summed E-state index contributed by atoms with van der Waals surface area (Å²) in [6.07, 6.45) is 0.